The molecule has 0 aliphatic carbocycles. The smallest absolute Gasteiger partial charge is 0.241 e. The van der Waals surface area contributed by atoms with Crippen LogP contribution in [0.5, 0.6) is 0 Å². The zero-order chi connectivity index (χ0) is 15.3. The molecule has 0 saturated carbocycles. The van der Waals surface area contributed by atoms with E-state index in [2.05, 4.69) is 10.6 Å². The number of carbonyl (C=O) groups is 2. The molecule has 1 unspecified atom stereocenters. The van der Waals surface area contributed by atoms with Gasteiger partial charge in [-0.1, -0.05) is 29.8 Å². The predicted molar refractivity (Wildman–Crippen MR) is 79.0 cm³/mol. The molecule has 0 radical (unpaired) electrons. The molecule has 1 aromatic rings. The van der Waals surface area contributed by atoms with Gasteiger partial charge in [-0.3, -0.25) is 9.59 Å². The molecule has 20 heavy (non-hydrogen) atoms. The Labute approximate surface area is 119 Å². The second kappa shape index (κ2) is 6.52. The van der Waals surface area contributed by atoms with E-state index in [9.17, 15) is 9.59 Å². The molecular formula is C15H23N3O2. The van der Waals surface area contributed by atoms with Gasteiger partial charge in [0.2, 0.25) is 11.8 Å². The molecule has 0 aliphatic heterocycles. The van der Waals surface area contributed by atoms with Gasteiger partial charge in [-0.05, 0) is 26.3 Å². The predicted octanol–water partition coefficient (Wildman–Crippen LogP) is 0.883. The Morgan fingerprint density at radius 2 is 1.80 bits per heavy atom. The summed E-state index contributed by atoms with van der Waals surface area (Å²) < 4.78 is 0. The van der Waals surface area contributed by atoms with Crippen LogP contribution in [0.15, 0.2) is 24.3 Å². The van der Waals surface area contributed by atoms with E-state index in [0.29, 0.717) is 0 Å². The molecule has 2 amide bonds. The summed E-state index contributed by atoms with van der Waals surface area (Å²) in [4.78, 5) is 23.6. The molecule has 0 aliphatic rings. The van der Waals surface area contributed by atoms with Gasteiger partial charge < -0.3 is 16.4 Å². The Hall–Kier alpha value is -1.88. The molecule has 0 aromatic heterocycles. The van der Waals surface area contributed by atoms with Gasteiger partial charge >= 0.3 is 0 Å². The molecule has 0 bridgehead atoms. The molecule has 1 atom stereocenters. The summed E-state index contributed by atoms with van der Waals surface area (Å²) in [6.45, 7) is 5.75. The molecular weight excluding hydrogens is 254 g/mol. The van der Waals surface area contributed by atoms with Crippen molar-refractivity contribution in [3.05, 3.63) is 35.4 Å². The lowest BCUT2D eigenvalue weighted by Gasteiger charge is -2.24. The molecule has 5 nitrogen and oxygen atoms in total. The van der Waals surface area contributed by atoms with E-state index >= 15 is 0 Å². The second-order valence-corrected chi connectivity index (χ2v) is 5.57. The van der Waals surface area contributed by atoms with Crippen LogP contribution < -0.4 is 16.4 Å². The highest BCUT2D eigenvalue weighted by Gasteiger charge is 2.28. The van der Waals surface area contributed by atoms with Crippen molar-refractivity contribution in [3.8, 4) is 0 Å². The fraction of sp³-hybridized carbons (Fsp3) is 0.467. The lowest BCUT2D eigenvalue weighted by atomic mass is 9.92. The Bertz CT molecular complexity index is 480. The number of benzene rings is 1. The van der Waals surface area contributed by atoms with Gasteiger partial charge in [0, 0.05) is 13.6 Å². The minimum absolute atomic E-state index is 0.123. The van der Waals surface area contributed by atoms with E-state index < -0.39 is 11.5 Å². The Kier molecular flexibility index (Phi) is 5.27. The zero-order valence-corrected chi connectivity index (χ0v) is 12.5. The Balaban J connectivity index is 2.63. The van der Waals surface area contributed by atoms with Crippen LogP contribution in [0.25, 0.3) is 0 Å². The van der Waals surface area contributed by atoms with E-state index in [1.807, 2.05) is 31.2 Å². The first-order chi connectivity index (χ1) is 9.27. The molecule has 0 heterocycles. The summed E-state index contributed by atoms with van der Waals surface area (Å²) in [5.74, 6) is -0.410. The van der Waals surface area contributed by atoms with Gasteiger partial charge in [-0.25, -0.2) is 0 Å². The molecule has 0 spiro atoms. The van der Waals surface area contributed by atoms with Crippen LogP contribution in [-0.2, 0) is 9.59 Å². The quantitative estimate of drug-likeness (QED) is 0.747. The van der Waals surface area contributed by atoms with E-state index in [0.717, 1.165) is 11.1 Å². The van der Waals surface area contributed by atoms with Crippen LogP contribution in [0, 0.1) is 12.3 Å². The first kappa shape index (κ1) is 16.2. The highest BCUT2D eigenvalue weighted by molar-refractivity contribution is 5.85. The third-order valence-electron chi connectivity index (χ3n) is 3.27. The summed E-state index contributed by atoms with van der Waals surface area (Å²) in [7, 11) is 1.57. The summed E-state index contributed by atoms with van der Waals surface area (Å²) in [5, 5.41) is 5.30. The lowest BCUT2D eigenvalue weighted by Crippen LogP contribution is -2.45. The van der Waals surface area contributed by atoms with Gasteiger partial charge in [0.1, 0.15) is 6.04 Å². The topological polar surface area (TPSA) is 84.2 Å². The van der Waals surface area contributed by atoms with Crippen molar-refractivity contribution in [3.63, 3.8) is 0 Å². The number of hydrogen-bond acceptors (Lipinski definition) is 3. The summed E-state index contributed by atoms with van der Waals surface area (Å²) in [5.41, 5.74) is 7.11. The number of nitrogens with two attached hydrogens (primary N) is 1. The van der Waals surface area contributed by atoms with Crippen LogP contribution in [-0.4, -0.2) is 25.4 Å². The number of amides is 2. The fourth-order valence-corrected chi connectivity index (χ4v) is 1.76. The number of nitrogens with one attached hydrogen (secondary N) is 2. The van der Waals surface area contributed by atoms with E-state index in [4.69, 9.17) is 5.73 Å². The van der Waals surface area contributed by atoms with Crippen molar-refractivity contribution in [2.45, 2.75) is 26.8 Å². The average Bonchev–Trinajstić information content (AvgIpc) is 2.43. The highest BCUT2D eigenvalue weighted by Crippen LogP contribution is 2.15. The third kappa shape index (κ3) is 4.06. The first-order valence-electron chi connectivity index (χ1n) is 6.60. The van der Waals surface area contributed by atoms with Gasteiger partial charge in [0.25, 0.3) is 0 Å². The SMILES string of the molecule is CNC(=O)C(C)(C)CNC(=O)C(N)c1ccc(C)cc1. The lowest BCUT2D eigenvalue weighted by molar-refractivity contribution is -0.129. The monoisotopic (exact) mass is 277 g/mol. The van der Waals surface area contributed by atoms with Crippen LogP contribution in [0.4, 0.5) is 0 Å². The van der Waals surface area contributed by atoms with Gasteiger partial charge in [-0.2, -0.15) is 0 Å². The van der Waals surface area contributed by atoms with E-state index in [-0.39, 0.29) is 18.4 Å². The number of carbonyl (C=O) groups excluding carboxylic acids is 2. The maximum Gasteiger partial charge on any atom is 0.241 e. The summed E-state index contributed by atoms with van der Waals surface area (Å²) in [6, 6.07) is 6.77. The minimum Gasteiger partial charge on any atom is -0.359 e. The average molecular weight is 277 g/mol. The minimum atomic E-state index is -0.726. The van der Waals surface area contributed by atoms with Crippen molar-refractivity contribution in [1.82, 2.24) is 10.6 Å². The normalized spacial score (nSPS) is 12.7. The van der Waals surface area contributed by atoms with Crippen LogP contribution in [0.1, 0.15) is 31.0 Å². The van der Waals surface area contributed by atoms with Crippen molar-refractivity contribution >= 4 is 11.8 Å². The summed E-state index contributed by atoms with van der Waals surface area (Å²) >= 11 is 0. The molecule has 1 aromatic carbocycles. The maximum atomic E-state index is 12.0. The molecule has 5 heteroatoms. The molecule has 1 rings (SSSR count). The molecule has 0 fully saturated rings. The third-order valence-corrected chi connectivity index (χ3v) is 3.27. The highest BCUT2D eigenvalue weighted by atomic mass is 16.2. The van der Waals surface area contributed by atoms with E-state index in [1.54, 1.807) is 20.9 Å². The maximum absolute atomic E-state index is 12.0. The van der Waals surface area contributed by atoms with Crippen molar-refractivity contribution in [2.75, 3.05) is 13.6 Å². The van der Waals surface area contributed by atoms with Gasteiger partial charge in [0.05, 0.1) is 5.41 Å². The largest absolute Gasteiger partial charge is 0.359 e. The van der Waals surface area contributed by atoms with Crippen LogP contribution in [0.2, 0.25) is 0 Å². The number of rotatable bonds is 5. The van der Waals surface area contributed by atoms with Crippen molar-refractivity contribution in [1.29, 1.82) is 0 Å². The standard InChI is InChI=1S/C15H23N3O2/c1-10-5-7-11(8-6-10)12(16)13(19)18-9-15(2,3)14(20)17-4/h5-8,12H,9,16H2,1-4H3,(H,17,20)(H,18,19). The second-order valence-electron chi connectivity index (χ2n) is 5.57. The molecule has 110 valence electrons. The number of aryl methyl sites for hydroxylation is 1. The molecule has 0 saturated heterocycles. The van der Waals surface area contributed by atoms with Crippen molar-refractivity contribution < 1.29 is 9.59 Å². The van der Waals surface area contributed by atoms with Gasteiger partial charge in [0.15, 0.2) is 0 Å². The van der Waals surface area contributed by atoms with Gasteiger partial charge in [-0.15, -0.1) is 0 Å². The number of hydrogen-bond donors (Lipinski definition) is 3. The first-order valence-corrected chi connectivity index (χ1v) is 6.60. The van der Waals surface area contributed by atoms with Crippen LogP contribution >= 0.6 is 0 Å². The Morgan fingerprint density at radius 3 is 2.30 bits per heavy atom. The van der Waals surface area contributed by atoms with E-state index in [1.165, 1.54) is 0 Å². The summed E-state index contributed by atoms with van der Waals surface area (Å²) in [6.07, 6.45) is 0. The van der Waals surface area contributed by atoms with Crippen LogP contribution in [0.3, 0.4) is 0 Å². The zero-order valence-electron chi connectivity index (χ0n) is 12.5. The fourth-order valence-electron chi connectivity index (χ4n) is 1.76. The van der Waals surface area contributed by atoms with Crippen molar-refractivity contribution in [2.24, 2.45) is 11.1 Å². The molecule has 4 N–H and O–H groups in total. The Morgan fingerprint density at radius 1 is 1.25 bits per heavy atom.